The second kappa shape index (κ2) is 9.53. The predicted molar refractivity (Wildman–Crippen MR) is 151 cm³/mol. The molecule has 0 saturated carbocycles. The summed E-state index contributed by atoms with van der Waals surface area (Å²) in [4.78, 5) is 28.1. The van der Waals surface area contributed by atoms with Crippen LogP contribution in [0.2, 0.25) is 0 Å². The third kappa shape index (κ3) is 4.61. The quantitative estimate of drug-likeness (QED) is 0.317. The first-order valence-electron chi connectivity index (χ1n) is 13.1. The SMILES string of the molecule is CC(C)(C)OC(=O)N1C[C@@H]2C[C@H]1CN2c1nc(OC[C@@]23CCCN2C[C@H](F)C3)nc2c(F)c(Br)c(I)cc12. The Morgan fingerprint density at radius 1 is 1.26 bits per heavy atom. The fraction of sp³-hybridized carbons (Fsp3) is 0.654. The molecule has 4 fully saturated rings. The highest BCUT2D eigenvalue weighted by Crippen LogP contribution is 2.42. The number of piperazine rings is 1. The van der Waals surface area contributed by atoms with Crippen LogP contribution in [0.15, 0.2) is 10.5 Å². The van der Waals surface area contributed by atoms with Crippen LogP contribution in [0, 0.1) is 9.39 Å². The summed E-state index contributed by atoms with van der Waals surface area (Å²) in [6.45, 7) is 8.20. The number of hydrogen-bond acceptors (Lipinski definition) is 7. The third-order valence-electron chi connectivity index (χ3n) is 8.16. The minimum atomic E-state index is -0.865. The molecule has 0 aliphatic carbocycles. The van der Waals surface area contributed by atoms with E-state index in [1.54, 1.807) is 4.90 Å². The first kappa shape index (κ1) is 26.7. The van der Waals surface area contributed by atoms with Crippen molar-refractivity contribution in [2.45, 2.75) is 75.8 Å². The van der Waals surface area contributed by atoms with Crippen LogP contribution in [0.5, 0.6) is 6.01 Å². The van der Waals surface area contributed by atoms with E-state index in [1.807, 2.05) is 26.8 Å². The molecule has 0 radical (unpaired) electrons. The summed E-state index contributed by atoms with van der Waals surface area (Å²) in [5, 5.41) is 0.601. The van der Waals surface area contributed by atoms with Gasteiger partial charge < -0.3 is 19.3 Å². The molecule has 0 N–H and O–H groups in total. The number of alkyl halides is 1. The van der Waals surface area contributed by atoms with E-state index >= 15 is 4.39 Å². The van der Waals surface area contributed by atoms with Crippen LogP contribution in [0.3, 0.4) is 0 Å². The van der Waals surface area contributed by atoms with Gasteiger partial charge in [-0.05, 0) is 91.2 Å². The summed E-state index contributed by atoms with van der Waals surface area (Å²) in [6, 6.07) is 1.97. The van der Waals surface area contributed by atoms with Gasteiger partial charge in [-0.15, -0.1) is 0 Å². The van der Waals surface area contributed by atoms with E-state index in [0.29, 0.717) is 45.3 Å². The van der Waals surface area contributed by atoms with Crippen LogP contribution in [0.1, 0.15) is 46.5 Å². The van der Waals surface area contributed by atoms with Crippen molar-refractivity contribution in [2.75, 3.05) is 37.7 Å². The highest BCUT2D eigenvalue weighted by Gasteiger charge is 2.50. The minimum absolute atomic E-state index is 0.0190. The Bertz CT molecular complexity index is 1300. The Labute approximate surface area is 242 Å². The molecule has 1 amide bonds. The van der Waals surface area contributed by atoms with E-state index < -0.39 is 17.6 Å². The number of carbonyl (C=O) groups is 1. The van der Waals surface area contributed by atoms with Crippen molar-refractivity contribution >= 4 is 61.3 Å². The molecule has 4 aliphatic rings. The second-order valence-corrected chi connectivity index (χ2v) is 13.9. The molecule has 1 aromatic carbocycles. The molecule has 2 aromatic rings. The van der Waals surface area contributed by atoms with Gasteiger partial charge in [0.15, 0.2) is 5.82 Å². The third-order valence-corrected chi connectivity index (χ3v) is 10.5. The van der Waals surface area contributed by atoms with Gasteiger partial charge in [-0.3, -0.25) is 4.90 Å². The summed E-state index contributed by atoms with van der Waals surface area (Å²) in [5.74, 6) is 0.131. The van der Waals surface area contributed by atoms with Crippen molar-refractivity contribution in [2.24, 2.45) is 0 Å². The van der Waals surface area contributed by atoms with Gasteiger partial charge in [-0.25, -0.2) is 13.6 Å². The number of nitrogens with zero attached hydrogens (tertiary/aromatic N) is 5. The van der Waals surface area contributed by atoms with Gasteiger partial charge in [0, 0.05) is 35.0 Å². The Hall–Kier alpha value is -1.54. The lowest BCUT2D eigenvalue weighted by molar-refractivity contribution is 0.0214. The summed E-state index contributed by atoms with van der Waals surface area (Å²) in [5.41, 5.74) is -0.742. The van der Waals surface area contributed by atoms with Crippen molar-refractivity contribution < 1.29 is 23.0 Å². The average molecular weight is 706 g/mol. The number of ether oxygens (including phenoxy) is 2. The van der Waals surface area contributed by atoms with Crippen LogP contribution in [-0.4, -0.2) is 88.0 Å². The maximum absolute atomic E-state index is 15.5. The van der Waals surface area contributed by atoms with Crippen molar-refractivity contribution in [3.63, 3.8) is 0 Å². The summed E-state index contributed by atoms with van der Waals surface area (Å²) in [6.07, 6.45) is 1.91. The van der Waals surface area contributed by atoms with Gasteiger partial charge >= 0.3 is 12.1 Å². The first-order chi connectivity index (χ1) is 17.9. The van der Waals surface area contributed by atoms with Gasteiger partial charge in [0.05, 0.1) is 22.1 Å². The van der Waals surface area contributed by atoms with Gasteiger partial charge in [0.25, 0.3) is 0 Å². The maximum Gasteiger partial charge on any atom is 0.410 e. The molecule has 1 aromatic heterocycles. The normalized spacial score (nSPS) is 29.0. The molecule has 4 aliphatic heterocycles. The number of hydrogen-bond donors (Lipinski definition) is 0. The number of carbonyl (C=O) groups excluding carboxylic acids is 1. The highest BCUT2D eigenvalue weighted by atomic mass is 127. The van der Waals surface area contributed by atoms with Crippen molar-refractivity contribution in [1.82, 2.24) is 19.8 Å². The molecule has 4 saturated heterocycles. The number of aromatic nitrogens is 2. The van der Waals surface area contributed by atoms with E-state index in [-0.39, 0.29) is 41.8 Å². The molecule has 0 unspecified atom stereocenters. The largest absolute Gasteiger partial charge is 0.461 e. The van der Waals surface area contributed by atoms with E-state index in [2.05, 4.69) is 53.3 Å². The molecular formula is C26H31BrF2IN5O3. The maximum atomic E-state index is 15.5. The number of amides is 1. The zero-order valence-corrected chi connectivity index (χ0v) is 25.4. The molecule has 2 bridgehead atoms. The van der Waals surface area contributed by atoms with Crippen molar-refractivity contribution in [1.29, 1.82) is 0 Å². The van der Waals surface area contributed by atoms with E-state index in [0.717, 1.165) is 25.8 Å². The van der Waals surface area contributed by atoms with Crippen LogP contribution in [0.25, 0.3) is 10.9 Å². The number of fused-ring (bicyclic) bond motifs is 4. The van der Waals surface area contributed by atoms with Crippen LogP contribution in [0.4, 0.5) is 19.4 Å². The van der Waals surface area contributed by atoms with Gasteiger partial charge in [0.2, 0.25) is 0 Å². The fourth-order valence-corrected chi connectivity index (χ4v) is 7.39. The van der Waals surface area contributed by atoms with E-state index in [4.69, 9.17) is 14.5 Å². The molecule has 6 rings (SSSR count). The Morgan fingerprint density at radius 3 is 2.76 bits per heavy atom. The molecule has 12 heteroatoms. The van der Waals surface area contributed by atoms with Crippen molar-refractivity contribution in [3.05, 3.63) is 19.9 Å². The van der Waals surface area contributed by atoms with Gasteiger partial charge in [-0.1, -0.05) is 0 Å². The van der Waals surface area contributed by atoms with Crippen LogP contribution < -0.4 is 9.64 Å². The Balaban J connectivity index is 1.31. The van der Waals surface area contributed by atoms with Crippen LogP contribution in [-0.2, 0) is 4.74 Å². The Morgan fingerprint density at radius 2 is 2.05 bits per heavy atom. The number of likely N-dealkylation sites (tertiary alicyclic amines) is 1. The summed E-state index contributed by atoms with van der Waals surface area (Å²) >= 11 is 5.44. The van der Waals surface area contributed by atoms with Gasteiger partial charge in [-0.2, -0.15) is 9.97 Å². The number of halogens is 4. The first-order valence-corrected chi connectivity index (χ1v) is 14.9. The molecule has 0 spiro atoms. The lowest BCUT2D eigenvalue weighted by atomic mass is 9.95. The predicted octanol–water partition coefficient (Wildman–Crippen LogP) is 5.29. The molecule has 8 nitrogen and oxygen atoms in total. The average Bonchev–Trinajstić information content (AvgIpc) is 3.60. The number of anilines is 1. The fourth-order valence-electron chi connectivity index (χ4n) is 6.54. The standard InChI is InChI=1S/C26H31BrF2IN5O3/c1-25(2,3)38-24(36)35-12-15-7-16(35)11-34(15)22-17-8-18(30)19(27)20(29)21(17)31-23(32-22)37-13-26-5-4-6-33(26)10-14(28)9-26/h8,14-16H,4-7,9-13H2,1-3H3/t14-,15+,16+,26+/m1/s1. The minimum Gasteiger partial charge on any atom is -0.461 e. The smallest absolute Gasteiger partial charge is 0.410 e. The topological polar surface area (TPSA) is 71.0 Å². The molecule has 38 heavy (non-hydrogen) atoms. The van der Waals surface area contributed by atoms with Crippen molar-refractivity contribution in [3.8, 4) is 6.01 Å². The molecule has 4 atom stereocenters. The lowest BCUT2D eigenvalue weighted by Crippen LogP contribution is -2.50. The second-order valence-electron chi connectivity index (χ2n) is 11.9. The van der Waals surface area contributed by atoms with E-state index in [1.165, 1.54) is 0 Å². The lowest BCUT2D eigenvalue weighted by Gasteiger charge is -2.36. The molecular weight excluding hydrogens is 675 g/mol. The summed E-state index contributed by atoms with van der Waals surface area (Å²) < 4.78 is 42.6. The number of benzene rings is 1. The van der Waals surface area contributed by atoms with Gasteiger partial charge in [0.1, 0.15) is 29.7 Å². The van der Waals surface area contributed by atoms with E-state index in [9.17, 15) is 9.18 Å². The van der Waals surface area contributed by atoms with Crippen LogP contribution >= 0.6 is 38.5 Å². The number of rotatable bonds is 4. The molecule has 206 valence electrons. The zero-order chi connectivity index (χ0) is 27.0. The highest BCUT2D eigenvalue weighted by molar-refractivity contribution is 14.1. The molecule has 5 heterocycles. The zero-order valence-electron chi connectivity index (χ0n) is 21.6. The Kier molecular flexibility index (Phi) is 6.69. The monoisotopic (exact) mass is 705 g/mol. The summed E-state index contributed by atoms with van der Waals surface area (Å²) in [7, 11) is 0.